The van der Waals surface area contributed by atoms with E-state index in [1.54, 1.807) is 13.1 Å². The molecule has 2 aromatic heterocycles. The van der Waals surface area contributed by atoms with Gasteiger partial charge in [-0.1, -0.05) is 17.7 Å². The Labute approximate surface area is 248 Å². The number of nitrogens with one attached hydrogen (secondary N) is 2. The third-order valence-corrected chi connectivity index (χ3v) is 8.29. The van der Waals surface area contributed by atoms with Crippen molar-refractivity contribution >= 4 is 23.4 Å². The van der Waals surface area contributed by atoms with Gasteiger partial charge < -0.3 is 24.8 Å². The normalized spacial score (nSPS) is 21.0. The summed E-state index contributed by atoms with van der Waals surface area (Å²) < 4.78 is 15.8. The lowest BCUT2D eigenvalue weighted by Gasteiger charge is -2.31. The van der Waals surface area contributed by atoms with Gasteiger partial charge in [0, 0.05) is 49.3 Å². The molecule has 0 amide bonds. The monoisotopic (exact) mass is 583 g/mol. The maximum atomic E-state index is 11.4. The Morgan fingerprint density at radius 2 is 2.05 bits per heavy atom. The Morgan fingerprint density at radius 3 is 2.78 bits per heavy atom. The fourth-order valence-corrected chi connectivity index (χ4v) is 5.82. The first-order valence-corrected chi connectivity index (χ1v) is 15.1. The summed E-state index contributed by atoms with van der Waals surface area (Å²) in [5.74, 6) is 0.968. The van der Waals surface area contributed by atoms with Crippen molar-refractivity contribution in [2.75, 3.05) is 44.9 Å². The van der Waals surface area contributed by atoms with Gasteiger partial charge in [0.1, 0.15) is 12.4 Å². The Bertz CT molecular complexity index is 1180. The minimum absolute atomic E-state index is 0.00324. The van der Waals surface area contributed by atoms with E-state index in [9.17, 15) is 10.1 Å². The van der Waals surface area contributed by atoms with Gasteiger partial charge in [0.15, 0.2) is 0 Å². The Kier molecular flexibility index (Phi) is 11.8. The van der Waals surface area contributed by atoms with E-state index < -0.39 is 5.41 Å². The van der Waals surface area contributed by atoms with Crippen LogP contribution in [0.4, 0.5) is 5.82 Å². The molecule has 1 saturated heterocycles. The molecular weight excluding hydrogens is 542 g/mol. The molecule has 222 valence electrons. The summed E-state index contributed by atoms with van der Waals surface area (Å²) in [5.41, 5.74) is 2.25. The highest BCUT2D eigenvalue weighted by atomic mass is 35.5. The number of nitriles is 1. The zero-order valence-electron chi connectivity index (χ0n) is 24.2. The summed E-state index contributed by atoms with van der Waals surface area (Å²) in [4.78, 5) is 20.9. The molecule has 0 unspecified atom stereocenters. The zero-order chi connectivity index (χ0) is 29.1. The quantitative estimate of drug-likeness (QED) is 0.307. The van der Waals surface area contributed by atoms with E-state index in [2.05, 4.69) is 34.7 Å². The molecule has 2 aromatic rings. The summed E-state index contributed by atoms with van der Waals surface area (Å²) in [5, 5.41) is 17.3. The van der Waals surface area contributed by atoms with Crippen molar-refractivity contribution in [1.82, 2.24) is 15.3 Å². The van der Waals surface area contributed by atoms with Crippen LogP contribution in [0.2, 0.25) is 5.02 Å². The second kappa shape index (κ2) is 15.5. The van der Waals surface area contributed by atoms with Gasteiger partial charge in [-0.05, 0) is 82.9 Å². The number of pyridine rings is 2. The van der Waals surface area contributed by atoms with E-state index in [1.807, 2.05) is 18.2 Å². The SMILES string of the molecule is CCOC(=O)COC[C@H](C)NC1CCC(Cc2cc(-c3cccc(NCC4(C#N)CCOCC4)n3)c(Cl)cn2)CC1. The van der Waals surface area contributed by atoms with Crippen LogP contribution < -0.4 is 10.6 Å². The number of rotatable bonds is 13. The first kappa shape index (κ1) is 31.2. The van der Waals surface area contributed by atoms with E-state index in [1.165, 1.54) is 0 Å². The molecule has 0 bridgehead atoms. The van der Waals surface area contributed by atoms with Gasteiger partial charge >= 0.3 is 5.97 Å². The molecule has 1 saturated carbocycles. The van der Waals surface area contributed by atoms with Gasteiger partial charge in [-0.3, -0.25) is 4.98 Å². The number of esters is 1. The molecule has 3 heterocycles. The van der Waals surface area contributed by atoms with Crippen LogP contribution in [0.1, 0.15) is 58.1 Å². The lowest BCUT2D eigenvalue weighted by molar-refractivity contribution is -0.148. The van der Waals surface area contributed by atoms with Crippen LogP contribution in [-0.4, -0.2) is 67.6 Å². The Hall–Kier alpha value is -2.77. The van der Waals surface area contributed by atoms with E-state index in [0.717, 1.165) is 67.7 Å². The standard InChI is InChI=1S/C31H42ClN5O4/c1-3-41-30(38)19-40-18-22(2)36-24-9-7-23(8-10-24)15-25-16-26(27(32)17-34-25)28-5-4-6-29(37-28)35-21-31(20-33)11-13-39-14-12-31/h4-6,16-17,22-24,36H,3,7-15,18-19,21H2,1-2H3,(H,35,37)/t22-,23?,24?/m0/s1. The van der Waals surface area contributed by atoms with Gasteiger partial charge in [-0.25, -0.2) is 9.78 Å². The molecule has 10 heteroatoms. The molecule has 1 atom stereocenters. The lowest BCUT2D eigenvalue weighted by atomic mass is 9.82. The number of anilines is 1. The minimum Gasteiger partial charge on any atom is -0.464 e. The number of halogens is 1. The van der Waals surface area contributed by atoms with Crippen molar-refractivity contribution in [2.45, 2.75) is 70.9 Å². The van der Waals surface area contributed by atoms with Gasteiger partial charge in [-0.15, -0.1) is 0 Å². The van der Waals surface area contributed by atoms with E-state index >= 15 is 0 Å². The van der Waals surface area contributed by atoms with Crippen LogP contribution in [0.25, 0.3) is 11.3 Å². The van der Waals surface area contributed by atoms with Gasteiger partial charge in [-0.2, -0.15) is 5.26 Å². The highest BCUT2D eigenvalue weighted by molar-refractivity contribution is 6.33. The molecule has 4 rings (SSSR count). The molecule has 2 aliphatic rings. The molecule has 0 spiro atoms. The van der Waals surface area contributed by atoms with Crippen LogP contribution >= 0.6 is 11.6 Å². The van der Waals surface area contributed by atoms with Crippen LogP contribution in [0.3, 0.4) is 0 Å². The fourth-order valence-electron chi connectivity index (χ4n) is 5.62. The molecule has 41 heavy (non-hydrogen) atoms. The molecule has 1 aliphatic heterocycles. The van der Waals surface area contributed by atoms with Crippen LogP contribution in [-0.2, 0) is 25.4 Å². The first-order valence-electron chi connectivity index (χ1n) is 14.7. The van der Waals surface area contributed by atoms with Crippen molar-refractivity contribution in [1.29, 1.82) is 5.26 Å². The molecule has 2 N–H and O–H groups in total. The van der Waals surface area contributed by atoms with E-state index in [4.69, 9.17) is 30.8 Å². The Balaban J connectivity index is 1.28. The van der Waals surface area contributed by atoms with Gasteiger partial charge in [0.25, 0.3) is 0 Å². The first-order chi connectivity index (χ1) is 19.9. The van der Waals surface area contributed by atoms with Crippen molar-refractivity contribution in [3.8, 4) is 17.3 Å². The number of nitrogens with zero attached hydrogens (tertiary/aromatic N) is 3. The van der Waals surface area contributed by atoms with Crippen LogP contribution in [0, 0.1) is 22.7 Å². The van der Waals surface area contributed by atoms with E-state index in [-0.39, 0.29) is 18.6 Å². The molecule has 0 radical (unpaired) electrons. The molecule has 0 aromatic carbocycles. The van der Waals surface area contributed by atoms with Crippen molar-refractivity contribution in [2.24, 2.45) is 11.3 Å². The molecular formula is C31H42ClN5O4. The third-order valence-electron chi connectivity index (χ3n) is 7.99. The fraction of sp³-hybridized carbons (Fsp3) is 0.613. The van der Waals surface area contributed by atoms with E-state index in [0.29, 0.717) is 50.0 Å². The highest BCUT2D eigenvalue weighted by Crippen LogP contribution is 2.32. The predicted molar refractivity (Wildman–Crippen MR) is 159 cm³/mol. The summed E-state index contributed by atoms with van der Waals surface area (Å²) in [7, 11) is 0. The van der Waals surface area contributed by atoms with Crippen molar-refractivity contribution < 1.29 is 19.0 Å². The average Bonchev–Trinajstić information content (AvgIpc) is 2.99. The largest absolute Gasteiger partial charge is 0.464 e. The van der Waals surface area contributed by atoms with Gasteiger partial charge in [0.2, 0.25) is 0 Å². The predicted octanol–water partition coefficient (Wildman–Crippen LogP) is 5.19. The molecule has 2 fully saturated rings. The summed E-state index contributed by atoms with van der Waals surface area (Å²) in [6.07, 6.45) is 8.51. The number of ether oxygens (including phenoxy) is 3. The number of carbonyl (C=O) groups is 1. The number of aromatic nitrogens is 2. The number of carbonyl (C=O) groups excluding carboxylic acids is 1. The summed E-state index contributed by atoms with van der Waals surface area (Å²) in [6, 6.07) is 11.0. The molecule has 1 aliphatic carbocycles. The highest BCUT2D eigenvalue weighted by Gasteiger charge is 2.32. The zero-order valence-corrected chi connectivity index (χ0v) is 24.9. The minimum atomic E-state index is -0.429. The van der Waals surface area contributed by atoms with Crippen LogP contribution in [0.15, 0.2) is 30.5 Å². The van der Waals surface area contributed by atoms with Crippen LogP contribution in [0.5, 0.6) is 0 Å². The lowest BCUT2D eigenvalue weighted by Crippen LogP contribution is -2.41. The Morgan fingerprint density at radius 1 is 1.27 bits per heavy atom. The maximum Gasteiger partial charge on any atom is 0.332 e. The van der Waals surface area contributed by atoms with Gasteiger partial charge in [0.05, 0.1) is 35.4 Å². The number of hydrogen-bond donors (Lipinski definition) is 2. The molecule has 9 nitrogen and oxygen atoms in total. The number of hydrogen-bond acceptors (Lipinski definition) is 9. The topological polar surface area (TPSA) is 118 Å². The average molecular weight is 584 g/mol. The third kappa shape index (κ3) is 9.37. The second-order valence-corrected chi connectivity index (χ2v) is 11.6. The maximum absolute atomic E-state index is 11.4. The summed E-state index contributed by atoms with van der Waals surface area (Å²) >= 11 is 6.58. The van der Waals surface area contributed by atoms with Crippen molar-refractivity contribution in [3.05, 3.63) is 41.2 Å². The smallest absolute Gasteiger partial charge is 0.332 e. The summed E-state index contributed by atoms with van der Waals surface area (Å²) in [6.45, 7) is 6.49. The second-order valence-electron chi connectivity index (χ2n) is 11.2. The van der Waals surface area contributed by atoms with Crippen molar-refractivity contribution in [3.63, 3.8) is 0 Å².